The molecule has 7 rings (SSSR count). The van der Waals surface area contributed by atoms with E-state index in [0.29, 0.717) is 13.1 Å². The van der Waals surface area contributed by atoms with Gasteiger partial charge in [-0.3, -0.25) is 15.1 Å². The molecule has 16 heteroatoms. The van der Waals surface area contributed by atoms with Crippen LogP contribution in [0.25, 0.3) is 0 Å². The zero-order valence-electron chi connectivity index (χ0n) is 34.7. The third kappa shape index (κ3) is 9.48. The zero-order valence-corrected chi connectivity index (χ0v) is 35.5. The minimum Gasteiger partial charge on any atom is -0.463 e. The van der Waals surface area contributed by atoms with Crippen molar-refractivity contribution >= 4 is 27.6 Å². The first-order valence-electron chi connectivity index (χ1n) is 21.2. The SMILES string of the molecule is CCOC(=O)/C=C/CNC(O)c1cccc(S(=O)(=O)c2ccc(N3CC(F)(CN4CCC([C@@](c5cccc(F)c5)([C@H]5CCC[C@@H]5NC(=O)OC)N5CCC5)CC4)C3)c(F)c2)c1. The Hall–Kier alpha value is -4.48. The molecule has 4 atom stereocenters. The maximum Gasteiger partial charge on any atom is 0.407 e. The lowest BCUT2D eigenvalue weighted by Gasteiger charge is -2.59. The predicted octanol–water partition coefficient (Wildman–Crippen LogP) is 5.86. The molecule has 4 fully saturated rings. The number of rotatable bonds is 16. The minimum absolute atomic E-state index is 0.0358. The molecule has 61 heavy (non-hydrogen) atoms. The second-order valence-corrected chi connectivity index (χ2v) is 18.6. The molecular formula is C45H56F3N5O7S. The largest absolute Gasteiger partial charge is 0.463 e. The molecule has 0 radical (unpaired) electrons. The summed E-state index contributed by atoms with van der Waals surface area (Å²) in [6.07, 6.45) is 6.13. The summed E-state index contributed by atoms with van der Waals surface area (Å²) in [5.41, 5.74) is -0.837. The Balaban J connectivity index is 0.984. The Morgan fingerprint density at radius 3 is 2.38 bits per heavy atom. The molecule has 3 aliphatic heterocycles. The van der Waals surface area contributed by atoms with Crippen molar-refractivity contribution < 1.29 is 45.8 Å². The molecule has 1 saturated carbocycles. The number of amides is 1. The van der Waals surface area contributed by atoms with Crippen LogP contribution < -0.4 is 15.5 Å². The molecule has 3 aromatic carbocycles. The van der Waals surface area contributed by atoms with Crippen LogP contribution in [0.4, 0.5) is 23.7 Å². The van der Waals surface area contributed by atoms with Crippen LogP contribution in [0.5, 0.6) is 0 Å². The van der Waals surface area contributed by atoms with Gasteiger partial charge in [-0.25, -0.2) is 31.2 Å². The number of anilines is 1. The number of nitrogens with one attached hydrogen (secondary N) is 2. The van der Waals surface area contributed by atoms with Gasteiger partial charge in [-0.1, -0.05) is 36.8 Å². The maximum atomic E-state index is 16.3. The smallest absolute Gasteiger partial charge is 0.407 e. The summed E-state index contributed by atoms with van der Waals surface area (Å²) < 4.78 is 83.9. The molecule has 3 aromatic rings. The first-order valence-corrected chi connectivity index (χ1v) is 22.7. The van der Waals surface area contributed by atoms with Gasteiger partial charge in [-0.2, -0.15) is 0 Å². The van der Waals surface area contributed by atoms with E-state index in [1.54, 1.807) is 24.0 Å². The van der Waals surface area contributed by atoms with Gasteiger partial charge in [0.05, 0.1) is 47.8 Å². The van der Waals surface area contributed by atoms with Gasteiger partial charge in [-0.05, 0) is 112 Å². The summed E-state index contributed by atoms with van der Waals surface area (Å²) in [5.74, 6) is -1.45. The number of carbonyl (C=O) groups excluding carboxylic acids is 2. The Morgan fingerprint density at radius 1 is 0.967 bits per heavy atom. The Morgan fingerprint density at radius 2 is 1.70 bits per heavy atom. The van der Waals surface area contributed by atoms with Gasteiger partial charge in [0.1, 0.15) is 17.9 Å². The summed E-state index contributed by atoms with van der Waals surface area (Å²) in [6.45, 7) is 5.09. The lowest BCUT2D eigenvalue weighted by atomic mass is 9.62. The fraction of sp³-hybridized carbons (Fsp3) is 0.511. The van der Waals surface area contributed by atoms with Crippen LogP contribution in [-0.2, 0) is 29.6 Å². The Kier molecular flexibility index (Phi) is 13.8. The number of piperidine rings is 1. The molecule has 1 aliphatic carbocycles. The van der Waals surface area contributed by atoms with E-state index < -0.39 is 45.2 Å². The highest BCUT2D eigenvalue weighted by Gasteiger charge is 2.57. The fourth-order valence-corrected chi connectivity index (χ4v) is 11.4. The number of halogens is 3. The standard InChI is InChI=1S/C45H56F3N5O7S/c1-3-60-41(54)15-7-20-49-42(55)31-9-4-12-35(25-31)61(57,58)36-16-17-40(38(47)27-36)52-29-44(48,30-52)28-51-23-18-32(19-24-51)45(53-21-8-22-53,33-10-5-11-34(46)26-33)37-13-6-14-39(37)50-43(56)59-2/h4-5,7,9-12,15-17,25-27,32,37,39,42,49,55H,3,6,8,13-14,18-24,28-30H2,1-2H3,(H,50,56)/b15-7+/t37-,39-,42?,45+/m0/s1. The first-order chi connectivity index (χ1) is 29.3. The van der Waals surface area contributed by atoms with Crippen molar-refractivity contribution in [2.24, 2.45) is 11.8 Å². The number of ether oxygens (including phenoxy) is 2. The number of sulfone groups is 1. The maximum absolute atomic E-state index is 16.3. The molecule has 12 nitrogen and oxygen atoms in total. The van der Waals surface area contributed by atoms with Crippen molar-refractivity contribution in [1.29, 1.82) is 0 Å². The highest BCUT2D eigenvalue weighted by atomic mass is 32.2. The lowest BCUT2D eigenvalue weighted by molar-refractivity contribution is -0.137. The summed E-state index contributed by atoms with van der Waals surface area (Å²) in [5, 5.41) is 16.5. The number of esters is 1. The number of hydrogen-bond donors (Lipinski definition) is 3. The van der Waals surface area contributed by atoms with E-state index >= 15 is 8.78 Å². The molecule has 0 aromatic heterocycles. The molecule has 3 N–H and O–H groups in total. The van der Waals surface area contributed by atoms with Crippen molar-refractivity contribution in [2.75, 3.05) is 71.0 Å². The number of alkyl halides is 1. The summed E-state index contributed by atoms with van der Waals surface area (Å²) in [6, 6.07) is 16.0. The number of hydrogen-bond acceptors (Lipinski definition) is 11. The molecule has 3 heterocycles. The number of aliphatic hydroxyl groups excluding tert-OH is 1. The highest BCUT2D eigenvalue weighted by molar-refractivity contribution is 7.91. The van der Waals surface area contributed by atoms with Crippen LogP contribution in [0.2, 0.25) is 0 Å². The highest BCUT2D eigenvalue weighted by Crippen LogP contribution is 2.54. The summed E-state index contributed by atoms with van der Waals surface area (Å²) in [7, 11) is -2.83. The number of benzene rings is 3. The van der Waals surface area contributed by atoms with Crippen molar-refractivity contribution in [1.82, 2.24) is 20.4 Å². The van der Waals surface area contributed by atoms with E-state index in [1.807, 2.05) is 6.07 Å². The number of aliphatic hydroxyl groups is 1. The lowest BCUT2D eigenvalue weighted by Crippen LogP contribution is -2.66. The van der Waals surface area contributed by atoms with Crippen LogP contribution >= 0.6 is 0 Å². The van der Waals surface area contributed by atoms with Gasteiger partial charge in [0.15, 0.2) is 5.67 Å². The molecule has 0 bridgehead atoms. The average molecular weight is 868 g/mol. The van der Waals surface area contributed by atoms with Crippen LogP contribution in [0, 0.1) is 23.5 Å². The molecule has 3 saturated heterocycles. The van der Waals surface area contributed by atoms with Crippen LogP contribution in [0.1, 0.15) is 62.8 Å². The predicted molar refractivity (Wildman–Crippen MR) is 223 cm³/mol. The second kappa shape index (κ2) is 18.9. The van der Waals surface area contributed by atoms with Gasteiger partial charge in [0.25, 0.3) is 0 Å². The van der Waals surface area contributed by atoms with Crippen molar-refractivity contribution in [3.8, 4) is 0 Å². The van der Waals surface area contributed by atoms with Crippen molar-refractivity contribution in [3.63, 3.8) is 0 Å². The van der Waals surface area contributed by atoms with E-state index in [9.17, 15) is 27.5 Å². The Bertz CT molecular complexity index is 2180. The summed E-state index contributed by atoms with van der Waals surface area (Å²) >= 11 is 0. The van der Waals surface area contributed by atoms with Gasteiger partial charge in [-0.15, -0.1) is 0 Å². The van der Waals surface area contributed by atoms with Gasteiger partial charge >= 0.3 is 12.1 Å². The monoisotopic (exact) mass is 867 g/mol. The zero-order chi connectivity index (χ0) is 43.4. The fourth-order valence-electron chi connectivity index (χ4n) is 10.1. The molecule has 0 spiro atoms. The number of alkyl carbamates (subject to hydrolysis) is 1. The second-order valence-electron chi connectivity index (χ2n) is 16.7. The minimum atomic E-state index is -4.19. The van der Waals surface area contributed by atoms with E-state index in [1.165, 1.54) is 61.7 Å². The number of methoxy groups -OCH3 is 1. The van der Waals surface area contributed by atoms with Crippen LogP contribution in [0.3, 0.4) is 0 Å². The first kappa shape index (κ1) is 44.6. The molecule has 1 amide bonds. The molecule has 330 valence electrons. The Labute approximate surface area is 356 Å². The van der Waals surface area contributed by atoms with Crippen molar-refractivity contribution in [3.05, 3.63) is 102 Å². The topological polar surface area (TPSA) is 141 Å². The van der Waals surface area contributed by atoms with E-state index in [2.05, 4.69) is 20.4 Å². The normalized spacial score (nSPS) is 22.6. The molecular weight excluding hydrogens is 812 g/mol. The van der Waals surface area contributed by atoms with E-state index in [0.717, 1.165) is 63.2 Å². The van der Waals surface area contributed by atoms with Gasteiger partial charge in [0.2, 0.25) is 9.84 Å². The summed E-state index contributed by atoms with van der Waals surface area (Å²) in [4.78, 5) is 29.7. The van der Waals surface area contributed by atoms with Crippen LogP contribution in [-0.4, -0.2) is 113 Å². The van der Waals surface area contributed by atoms with Gasteiger partial charge < -0.3 is 24.8 Å². The number of likely N-dealkylation sites (tertiary alicyclic amines) is 2. The van der Waals surface area contributed by atoms with Crippen LogP contribution in [0.15, 0.2) is 88.7 Å². The van der Waals surface area contributed by atoms with E-state index in [4.69, 9.17) is 9.47 Å². The number of nitrogens with zero attached hydrogens (tertiary/aromatic N) is 3. The average Bonchev–Trinajstić information content (AvgIpc) is 3.68. The number of carbonyl (C=O) groups is 2. The molecule has 1 unspecified atom stereocenters. The van der Waals surface area contributed by atoms with Gasteiger partial charge in [0, 0.05) is 44.2 Å². The van der Waals surface area contributed by atoms with Crippen molar-refractivity contribution in [2.45, 2.75) is 78.7 Å². The van der Waals surface area contributed by atoms with E-state index in [-0.39, 0.29) is 77.5 Å². The quantitative estimate of drug-likeness (QED) is 0.0906. The molecule has 4 aliphatic rings. The third-order valence-electron chi connectivity index (χ3n) is 12.9. The third-order valence-corrected chi connectivity index (χ3v) is 14.7.